The average Bonchev–Trinajstić information content (AvgIpc) is 3.39. The number of nitrogen functional groups attached to an aromatic ring is 1. The lowest BCUT2D eigenvalue weighted by atomic mass is 10.2. The molecule has 1 aliphatic heterocycles. The Balaban J connectivity index is 0.00000272. The van der Waals surface area contributed by atoms with E-state index in [1.807, 2.05) is 54.4 Å². The highest BCUT2D eigenvalue weighted by atomic mass is 35.5. The van der Waals surface area contributed by atoms with Gasteiger partial charge in [-0.15, -0.1) is 12.4 Å². The Morgan fingerprint density at radius 2 is 1.84 bits per heavy atom. The van der Waals surface area contributed by atoms with E-state index >= 15 is 0 Å². The summed E-state index contributed by atoms with van der Waals surface area (Å²) in [5, 5.41) is 13.8. The van der Waals surface area contributed by atoms with Gasteiger partial charge >= 0.3 is 6.03 Å². The molecule has 3 aromatic rings. The molecule has 0 aliphatic carbocycles. The molecule has 0 unspecified atom stereocenters. The van der Waals surface area contributed by atoms with Crippen molar-refractivity contribution in [2.24, 2.45) is 12.8 Å². The Bertz CT molecular complexity index is 1070. The Morgan fingerprint density at radius 1 is 1.13 bits per heavy atom. The molecule has 1 fully saturated rings. The molecule has 4 rings (SSSR count). The Kier molecular flexibility index (Phi) is 7.02. The van der Waals surface area contributed by atoms with Crippen LogP contribution >= 0.6 is 12.4 Å². The maximum atomic E-state index is 12.2. The number of nitrogens with two attached hydrogens (primary N) is 1. The number of carbonyl (C=O) groups is 1. The van der Waals surface area contributed by atoms with Crippen LogP contribution in [-0.4, -0.2) is 39.4 Å². The summed E-state index contributed by atoms with van der Waals surface area (Å²) in [7, 11) is 2.00. The van der Waals surface area contributed by atoms with Gasteiger partial charge in [-0.3, -0.25) is 5.41 Å². The molecule has 5 N–H and O–H groups in total. The maximum Gasteiger partial charge on any atom is 0.317 e. The molecular formula is C22H28ClN7O. The second kappa shape index (κ2) is 9.70. The first kappa shape index (κ1) is 22.4. The predicted molar refractivity (Wildman–Crippen MR) is 126 cm³/mol. The molecule has 0 radical (unpaired) electrons. The van der Waals surface area contributed by atoms with Gasteiger partial charge in [-0.1, -0.05) is 6.07 Å². The summed E-state index contributed by atoms with van der Waals surface area (Å²) in [6.45, 7) is 2.77. The molecule has 0 saturated carbocycles. The third kappa shape index (κ3) is 5.08. The van der Waals surface area contributed by atoms with Crippen LogP contribution in [0.5, 0.6) is 0 Å². The fraction of sp³-hybridized carbons (Fsp3) is 0.318. The summed E-state index contributed by atoms with van der Waals surface area (Å²) in [5.74, 6) is 0.975. The number of urea groups is 1. The fourth-order valence-electron chi connectivity index (χ4n) is 3.72. The van der Waals surface area contributed by atoms with E-state index in [1.165, 1.54) is 0 Å². The molecule has 164 valence electrons. The first-order valence-electron chi connectivity index (χ1n) is 10.2. The predicted octanol–water partition coefficient (Wildman–Crippen LogP) is 3.20. The van der Waals surface area contributed by atoms with Crippen molar-refractivity contribution >= 4 is 41.0 Å². The Labute approximate surface area is 187 Å². The minimum Gasteiger partial charge on any atom is -0.384 e. The van der Waals surface area contributed by atoms with E-state index in [4.69, 9.17) is 16.1 Å². The van der Waals surface area contributed by atoms with E-state index in [1.54, 1.807) is 0 Å². The molecule has 31 heavy (non-hydrogen) atoms. The molecular weight excluding hydrogens is 414 g/mol. The first-order valence-corrected chi connectivity index (χ1v) is 10.2. The summed E-state index contributed by atoms with van der Waals surface area (Å²) in [6, 6.07) is 13.6. The molecule has 1 aliphatic rings. The van der Waals surface area contributed by atoms with Crippen molar-refractivity contribution in [2.45, 2.75) is 25.9 Å². The summed E-state index contributed by atoms with van der Waals surface area (Å²) in [4.78, 5) is 18.8. The van der Waals surface area contributed by atoms with Gasteiger partial charge in [0.25, 0.3) is 0 Å². The Morgan fingerprint density at radius 3 is 2.52 bits per heavy atom. The lowest BCUT2D eigenvalue weighted by molar-refractivity contribution is 0.208. The second-order valence-electron chi connectivity index (χ2n) is 7.61. The van der Waals surface area contributed by atoms with Gasteiger partial charge in [-0.2, -0.15) is 0 Å². The van der Waals surface area contributed by atoms with Gasteiger partial charge in [0, 0.05) is 37.9 Å². The minimum atomic E-state index is 0. The van der Waals surface area contributed by atoms with Crippen molar-refractivity contribution in [3.63, 3.8) is 0 Å². The SMILES string of the molecule is Cl.Cn1c(CNc2ccc(C(=N)N)cc2)nc2cc(CNC(=O)N3CCCC3)ccc21. The number of hydrogen-bond acceptors (Lipinski definition) is 4. The zero-order chi connectivity index (χ0) is 21.1. The van der Waals surface area contributed by atoms with Crippen molar-refractivity contribution in [1.29, 1.82) is 5.41 Å². The molecule has 2 heterocycles. The van der Waals surface area contributed by atoms with Gasteiger partial charge in [0.15, 0.2) is 0 Å². The van der Waals surface area contributed by atoms with Crippen LogP contribution in [-0.2, 0) is 20.1 Å². The van der Waals surface area contributed by atoms with Crippen molar-refractivity contribution < 1.29 is 4.79 Å². The summed E-state index contributed by atoms with van der Waals surface area (Å²) in [6.07, 6.45) is 2.18. The zero-order valence-corrected chi connectivity index (χ0v) is 18.3. The number of aryl methyl sites for hydroxylation is 1. The van der Waals surface area contributed by atoms with Gasteiger partial charge in [-0.05, 0) is 54.8 Å². The summed E-state index contributed by atoms with van der Waals surface area (Å²) < 4.78 is 2.07. The van der Waals surface area contributed by atoms with E-state index in [0.29, 0.717) is 18.7 Å². The summed E-state index contributed by atoms with van der Waals surface area (Å²) in [5.41, 5.74) is 10.1. The molecule has 1 saturated heterocycles. The maximum absolute atomic E-state index is 12.2. The smallest absolute Gasteiger partial charge is 0.317 e. The lowest BCUT2D eigenvalue weighted by Crippen LogP contribution is -2.37. The van der Waals surface area contributed by atoms with Crippen LogP contribution in [0.3, 0.4) is 0 Å². The van der Waals surface area contributed by atoms with E-state index in [0.717, 1.165) is 54.0 Å². The number of imidazole rings is 1. The highest BCUT2D eigenvalue weighted by molar-refractivity contribution is 5.95. The quantitative estimate of drug-likeness (QED) is 0.347. The van der Waals surface area contributed by atoms with Crippen LogP contribution in [0.15, 0.2) is 42.5 Å². The van der Waals surface area contributed by atoms with E-state index in [9.17, 15) is 4.79 Å². The van der Waals surface area contributed by atoms with Crippen LogP contribution < -0.4 is 16.4 Å². The minimum absolute atomic E-state index is 0. The lowest BCUT2D eigenvalue weighted by Gasteiger charge is -2.16. The monoisotopic (exact) mass is 441 g/mol. The van der Waals surface area contributed by atoms with E-state index in [2.05, 4.69) is 15.2 Å². The van der Waals surface area contributed by atoms with E-state index < -0.39 is 0 Å². The van der Waals surface area contributed by atoms with Gasteiger partial charge in [0.1, 0.15) is 11.7 Å². The topological polar surface area (TPSA) is 112 Å². The number of amidine groups is 1. The number of nitrogens with zero attached hydrogens (tertiary/aromatic N) is 3. The number of rotatable bonds is 6. The van der Waals surface area contributed by atoms with Gasteiger partial charge < -0.3 is 25.8 Å². The number of aromatic nitrogens is 2. The van der Waals surface area contributed by atoms with Gasteiger partial charge in [0.2, 0.25) is 0 Å². The number of hydrogen-bond donors (Lipinski definition) is 4. The number of likely N-dealkylation sites (tertiary alicyclic amines) is 1. The van der Waals surface area contributed by atoms with Crippen LogP contribution in [0, 0.1) is 5.41 Å². The summed E-state index contributed by atoms with van der Waals surface area (Å²) >= 11 is 0. The number of anilines is 1. The van der Waals surface area contributed by atoms with Gasteiger partial charge in [0.05, 0.1) is 17.6 Å². The molecule has 9 heteroatoms. The van der Waals surface area contributed by atoms with Crippen LogP contribution in [0.1, 0.15) is 29.8 Å². The number of benzene rings is 2. The largest absolute Gasteiger partial charge is 0.384 e. The van der Waals surface area contributed by atoms with Crippen molar-refractivity contribution in [3.8, 4) is 0 Å². The first-order chi connectivity index (χ1) is 14.5. The third-order valence-electron chi connectivity index (χ3n) is 5.52. The molecule has 2 amide bonds. The number of nitrogens with one attached hydrogen (secondary N) is 3. The number of amides is 2. The van der Waals surface area contributed by atoms with Crippen LogP contribution in [0.2, 0.25) is 0 Å². The molecule has 0 atom stereocenters. The molecule has 1 aromatic heterocycles. The second-order valence-corrected chi connectivity index (χ2v) is 7.61. The fourth-order valence-corrected chi connectivity index (χ4v) is 3.72. The Hall–Kier alpha value is -3.26. The third-order valence-corrected chi connectivity index (χ3v) is 5.52. The number of halogens is 1. The molecule has 8 nitrogen and oxygen atoms in total. The van der Waals surface area contributed by atoms with E-state index in [-0.39, 0.29) is 24.3 Å². The van der Waals surface area contributed by atoms with Crippen molar-refractivity contribution in [2.75, 3.05) is 18.4 Å². The highest BCUT2D eigenvalue weighted by Gasteiger charge is 2.17. The normalized spacial score (nSPS) is 13.1. The van der Waals surface area contributed by atoms with Crippen molar-refractivity contribution in [3.05, 3.63) is 59.4 Å². The average molecular weight is 442 g/mol. The van der Waals surface area contributed by atoms with Crippen molar-refractivity contribution in [1.82, 2.24) is 19.8 Å². The number of fused-ring (bicyclic) bond motifs is 1. The standard InChI is InChI=1S/C22H27N7O.ClH/c1-28-19-9-4-15(13-26-22(30)29-10-2-3-11-29)12-18(19)27-20(28)14-25-17-7-5-16(6-8-17)21(23)24;/h4-9,12,25H,2-3,10-11,13-14H2,1H3,(H3,23,24)(H,26,30);1H. The van der Waals surface area contributed by atoms with Crippen LogP contribution in [0.4, 0.5) is 10.5 Å². The zero-order valence-electron chi connectivity index (χ0n) is 17.5. The number of carbonyl (C=O) groups excluding carboxylic acids is 1. The van der Waals surface area contributed by atoms with Crippen LogP contribution in [0.25, 0.3) is 11.0 Å². The highest BCUT2D eigenvalue weighted by Crippen LogP contribution is 2.18. The molecule has 2 aromatic carbocycles. The molecule has 0 bridgehead atoms. The molecule has 0 spiro atoms. The van der Waals surface area contributed by atoms with Gasteiger partial charge in [-0.25, -0.2) is 9.78 Å².